The number of hydrogen-bond donors (Lipinski definition) is 2. The van der Waals surface area contributed by atoms with E-state index in [2.05, 4.69) is 4.72 Å². The molecule has 0 spiro atoms. The lowest BCUT2D eigenvalue weighted by atomic mass is 10.2. The molecular weight excluding hydrogens is 303 g/mol. The minimum absolute atomic E-state index is 0.0137. The van der Waals surface area contributed by atoms with E-state index in [1.807, 2.05) is 0 Å². The van der Waals surface area contributed by atoms with E-state index in [-0.39, 0.29) is 22.2 Å². The molecule has 0 fully saturated rings. The van der Waals surface area contributed by atoms with Gasteiger partial charge in [0.05, 0.1) is 10.6 Å². The maximum Gasteiger partial charge on any atom is 0.261 e. The van der Waals surface area contributed by atoms with Crippen molar-refractivity contribution >= 4 is 27.3 Å². The van der Waals surface area contributed by atoms with Crippen molar-refractivity contribution in [2.75, 3.05) is 4.72 Å². The zero-order chi connectivity index (χ0) is 14.8. The average Bonchev–Trinajstić information content (AvgIpc) is 2.43. The van der Waals surface area contributed by atoms with E-state index in [1.54, 1.807) is 12.1 Å². The number of hydrogen-bond acceptors (Lipinski definition) is 3. The molecule has 2 rings (SSSR count). The highest BCUT2D eigenvalue weighted by Crippen LogP contribution is 2.23. The molecule has 2 aromatic rings. The maximum atomic E-state index is 13.6. The molecule has 20 heavy (non-hydrogen) atoms. The third kappa shape index (κ3) is 3.27. The topological polar surface area (TPSA) is 72.2 Å². The summed E-state index contributed by atoms with van der Waals surface area (Å²) >= 11 is 5.72. The number of nitrogens with one attached hydrogen (secondary N) is 1. The van der Waals surface area contributed by atoms with Gasteiger partial charge in [-0.05, 0) is 35.9 Å². The van der Waals surface area contributed by atoms with Gasteiger partial charge < -0.3 is 5.73 Å². The quantitative estimate of drug-likeness (QED) is 0.911. The normalized spacial score (nSPS) is 11.3. The Morgan fingerprint density at radius 2 is 1.95 bits per heavy atom. The van der Waals surface area contributed by atoms with Crippen LogP contribution in [-0.2, 0) is 16.6 Å². The highest BCUT2D eigenvalue weighted by molar-refractivity contribution is 7.92. The number of nitrogens with two attached hydrogens (primary N) is 1. The van der Waals surface area contributed by atoms with Crippen molar-refractivity contribution in [1.82, 2.24) is 0 Å². The van der Waals surface area contributed by atoms with Crippen LogP contribution in [-0.4, -0.2) is 8.42 Å². The number of sulfonamides is 1. The first-order valence-corrected chi connectivity index (χ1v) is 7.55. The lowest BCUT2D eigenvalue weighted by Gasteiger charge is -2.10. The van der Waals surface area contributed by atoms with Crippen LogP contribution in [0.3, 0.4) is 0 Å². The fourth-order valence-corrected chi connectivity index (χ4v) is 2.92. The molecule has 0 saturated carbocycles. The average molecular weight is 315 g/mol. The third-order valence-corrected chi connectivity index (χ3v) is 4.22. The summed E-state index contributed by atoms with van der Waals surface area (Å²) in [4.78, 5) is 0.0137. The molecule has 0 aromatic heterocycles. The maximum absolute atomic E-state index is 13.6. The Morgan fingerprint density at radius 1 is 1.20 bits per heavy atom. The van der Waals surface area contributed by atoms with Gasteiger partial charge in [0.15, 0.2) is 0 Å². The van der Waals surface area contributed by atoms with Gasteiger partial charge in [-0.3, -0.25) is 4.72 Å². The lowest BCUT2D eigenvalue weighted by molar-refractivity contribution is 0.598. The second kappa shape index (κ2) is 5.78. The van der Waals surface area contributed by atoms with E-state index in [9.17, 15) is 12.8 Å². The van der Waals surface area contributed by atoms with E-state index < -0.39 is 15.8 Å². The Morgan fingerprint density at radius 3 is 2.65 bits per heavy atom. The highest BCUT2D eigenvalue weighted by atomic mass is 35.5. The predicted octanol–water partition coefficient (Wildman–Crippen LogP) is 2.74. The van der Waals surface area contributed by atoms with Gasteiger partial charge in [0.1, 0.15) is 5.82 Å². The predicted molar refractivity (Wildman–Crippen MR) is 76.6 cm³/mol. The smallest absolute Gasteiger partial charge is 0.261 e. The zero-order valence-electron chi connectivity index (χ0n) is 10.3. The number of benzene rings is 2. The fourth-order valence-electron chi connectivity index (χ4n) is 1.62. The summed E-state index contributed by atoms with van der Waals surface area (Å²) in [6, 6.07) is 9.76. The summed E-state index contributed by atoms with van der Waals surface area (Å²) in [5, 5.41) is 0.236. The fraction of sp³-hybridized carbons (Fsp3) is 0.0769. The minimum atomic E-state index is -3.89. The van der Waals surface area contributed by atoms with E-state index in [4.69, 9.17) is 17.3 Å². The summed E-state index contributed by atoms with van der Waals surface area (Å²) in [5.41, 5.74) is 5.93. The van der Waals surface area contributed by atoms with Gasteiger partial charge in [0.2, 0.25) is 0 Å². The van der Waals surface area contributed by atoms with Crippen molar-refractivity contribution in [3.8, 4) is 0 Å². The first-order chi connectivity index (χ1) is 9.42. The van der Waals surface area contributed by atoms with Gasteiger partial charge in [-0.25, -0.2) is 12.8 Å². The van der Waals surface area contributed by atoms with Gasteiger partial charge in [-0.1, -0.05) is 23.7 Å². The molecule has 0 heterocycles. The van der Waals surface area contributed by atoms with Crippen molar-refractivity contribution in [3.05, 3.63) is 58.9 Å². The Hall–Kier alpha value is -1.63. The molecule has 0 unspecified atom stereocenters. The molecule has 0 aliphatic rings. The van der Waals surface area contributed by atoms with E-state index >= 15 is 0 Å². The van der Waals surface area contributed by atoms with Crippen molar-refractivity contribution in [3.63, 3.8) is 0 Å². The summed E-state index contributed by atoms with van der Waals surface area (Å²) in [6.45, 7) is 0.217. The van der Waals surface area contributed by atoms with Crippen LogP contribution in [0.15, 0.2) is 47.4 Å². The second-order valence-corrected chi connectivity index (χ2v) is 6.20. The summed E-state index contributed by atoms with van der Waals surface area (Å²) in [7, 11) is -3.89. The molecule has 0 atom stereocenters. The first-order valence-electron chi connectivity index (χ1n) is 5.69. The van der Waals surface area contributed by atoms with Gasteiger partial charge in [-0.15, -0.1) is 0 Å². The monoisotopic (exact) mass is 314 g/mol. The molecule has 2 aromatic carbocycles. The van der Waals surface area contributed by atoms with E-state index in [1.165, 1.54) is 24.3 Å². The molecule has 0 saturated heterocycles. The molecule has 0 aliphatic carbocycles. The summed E-state index contributed by atoms with van der Waals surface area (Å²) in [6.07, 6.45) is 0. The molecule has 4 nitrogen and oxygen atoms in total. The van der Waals surface area contributed by atoms with Crippen LogP contribution < -0.4 is 10.5 Å². The Kier molecular flexibility index (Phi) is 4.27. The van der Waals surface area contributed by atoms with Crippen LogP contribution in [0, 0.1) is 5.82 Å². The van der Waals surface area contributed by atoms with Crippen molar-refractivity contribution in [1.29, 1.82) is 0 Å². The van der Waals surface area contributed by atoms with E-state index in [0.717, 1.165) is 6.07 Å². The third-order valence-electron chi connectivity index (χ3n) is 2.62. The molecular formula is C13H12ClFN2O2S. The number of halogens is 2. The standard InChI is InChI=1S/C13H12ClFN2O2S/c14-10-4-5-12(15)13(7-10)17-20(18,19)11-3-1-2-9(6-11)8-16/h1-7,17H,8,16H2. The molecule has 0 aliphatic heterocycles. The van der Waals surface area contributed by atoms with E-state index in [0.29, 0.717) is 5.56 Å². The van der Waals surface area contributed by atoms with Crippen molar-refractivity contribution in [2.24, 2.45) is 5.73 Å². The number of rotatable bonds is 4. The summed E-state index contributed by atoms with van der Waals surface area (Å²) < 4.78 is 40.1. The van der Waals surface area contributed by atoms with Crippen LogP contribution in [0.25, 0.3) is 0 Å². The molecule has 7 heteroatoms. The molecule has 0 amide bonds. The zero-order valence-corrected chi connectivity index (χ0v) is 11.9. The molecule has 0 radical (unpaired) electrons. The SMILES string of the molecule is NCc1cccc(S(=O)(=O)Nc2cc(Cl)ccc2F)c1. The largest absolute Gasteiger partial charge is 0.326 e. The van der Waals surface area contributed by atoms with Gasteiger partial charge in [0.25, 0.3) is 10.0 Å². The van der Waals surface area contributed by atoms with Crippen molar-refractivity contribution < 1.29 is 12.8 Å². The minimum Gasteiger partial charge on any atom is -0.326 e. The van der Waals surface area contributed by atoms with Gasteiger partial charge in [0, 0.05) is 11.6 Å². The lowest BCUT2D eigenvalue weighted by Crippen LogP contribution is -2.14. The number of anilines is 1. The van der Waals surface area contributed by atoms with Crippen LogP contribution in [0.4, 0.5) is 10.1 Å². The van der Waals surface area contributed by atoms with Crippen LogP contribution in [0.1, 0.15) is 5.56 Å². The van der Waals surface area contributed by atoms with Crippen LogP contribution >= 0.6 is 11.6 Å². The van der Waals surface area contributed by atoms with Gasteiger partial charge in [-0.2, -0.15) is 0 Å². The summed E-state index contributed by atoms with van der Waals surface area (Å²) in [5.74, 6) is -0.701. The van der Waals surface area contributed by atoms with Crippen LogP contribution in [0.5, 0.6) is 0 Å². The van der Waals surface area contributed by atoms with Crippen molar-refractivity contribution in [2.45, 2.75) is 11.4 Å². The first kappa shape index (κ1) is 14.8. The Bertz CT molecular complexity index is 735. The second-order valence-electron chi connectivity index (χ2n) is 4.08. The Labute approximate surface area is 121 Å². The molecule has 3 N–H and O–H groups in total. The highest BCUT2D eigenvalue weighted by Gasteiger charge is 2.16. The van der Waals surface area contributed by atoms with Gasteiger partial charge >= 0.3 is 0 Å². The molecule has 0 bridgehead atoms. The van der Waals surface area contributed by atoms with Crippen LogP contribution in [0.2, 0.25) is 5.02 Å². The molecule has 106 valence electrons. The Balaban J connectivity index is 2.38.